The first kappa shape index (κ1) is 18.0. The number of nitrogens with zero attached hydrogens (tertiary/aromatic N) is 1. The highest BCUT2D eigenvalue weighted by Gasteiger charge is 2.36. The van der Waals surface area contributed by atoms with Crippen molar-refractivity contribution in [2.24, 2.45) is 11.3 Å². The summed E-state index contributed by atoms with van der Waals surface area (Å²) in [5, 5.41) is 18.3. The molecule has 2 heterocycles. The normalized spacial score (nSPS) is 21.7. The first-order valence-electron chi connectivity index (χ1n) is 9.20. The van der Waals surface area contributed by atoms with Gasteiger partial charge in [-0.3, -0.25) is 14.9 Å². The van der Waals surface area contributed by atoms with Gasteiger partial charge in [0.05, 0.1) is 10.5 Å². The summed E-state index contributed by atoms with van der Waals surface area (Å²) in [6.07, 6.45) is 2.58. The molecule has 2 atom stereocenters. The molecule has 0 unspecified atom stereocenters. The standard InChI is InChI=1S/C20H23N3O3S/c1-20(2,3)12-7-8-14-15(10-12)27-19-16(14)18(24)21-17(22-19)11-5-4-6-13(9-11)23(25)26/h4-6,9,12,17,22H,7-8,10H2,1-3H3,(H,21,24)/t12-,17-/m1/s1. The third-order valence-corrected chi connectivity index (χ3v) is 6.87. The fourth-order valence-corrected chi connectivity index (χ4v) is 5.37. The van der Waals surface area contributed by atoms with Crippen LogP contribution in [0.25, 0.3) is 0 Å². The highest BCUT2D eigenvalue weighted by atomic mass is 32.1. The summed E-state index contributed by atoms with van der Waals surface area (Å²) in [5.41, 5.74) is 2.90. The van der Waals surface area contributed by atoms with Gasteiger partial charge in [-0.15, -0.1) is 11.3 Å². The smallest absolute Gasteiger partial charge is 0.269 e. The molecule has 1 aliphatic carbocycles. The Hall–Kier alpha value is -2.41. The van der Waals surface area contributed by atoms with Crippen LogP contribution in [0.3, 0.4) is 0 Å². The molecule has 1 aromatic carbocycles. The molecule has 6 nitrogen and oxygen atoms in total. The molecule has 0 bridgehead atoms. The number of non-ortho nitro benzene ring substituents is 1. The Bertz CT molecular complexity index is 929. The van der Waals surface area contributed by atoms with E-state index in [0.717, 1.165) is 29.8 Å². The van der Waals surface area contributed by atoms with Crippen molar-refractivity contribution in [2.45, 2.75) is 46.2 Å². The van der Waals surface area contributed by atoms with Gasteiger partial charge in [0.15, 0.2) is 0 Å². The van der Waals surface area contributed by atoms with Gasteiger partial charge in [0.2, 0.25) is 0 Å². The number of fused-ring (bicyclic) bond motifs is 3. The molecule has 0 saturated carbocycles. The number of thiophene rings is 1. The van der Waals surface area contributed by atoms with Crippen molar-refractivity contribution in [3.8, 4) is 0 Å². The first-order chi connectivity index (χ1) is 12.7. The van der Waals surface area contributed by atoms with Crippen LogP contribution in [0.4, 0.5) is 10.7 Å². The summed E-state index contributed by atoms with van der Waals surface area (Å²) in [6, 6.07) is 6.39. The van der Waals surface area contributed by atoms with Gasteiger partial charge in [-0.25, -0.2) is 0 Å². The molecule has 0 saturated heterocycles. The molecule has 2 aromatic rings. The summed E-state index contributed by atoms with van der Waals surface area (Å²) in [7, 11) is 0. The van der Waals surface area contributed by atoms with E-state index in [2.05, 4.69) is 31.4 Å². The van der Waals surface area contributed by atoms with Gasteiger partial charge >= 0.3 is 0 Å². The van der Waals surface area contributed by atoms with Gasteiger partial charge in [0.25, 0.3) is 11.6 Å². The molecule has 0 radical (unpaired) electrons. The van der Waals surface area contributed by atoms with Gasteiger partial charge in [0.1, 0.15) is 11.2 Å². The number of hydrogen-bond acceptors (Lipinski definition) is 5. The lowest BCUT2D eigenvalue weighted by molar-refractivity contribution is -0.384. The number of benzene rings is 1. The van der Waals surface area contributed by atoms with Crippen molar-refractivity contribution in [3.63, 3.8) is 0 Å². The molecular weight excluding hydrogens is 362 g/mol. The van der Waals surface area contributed by atoms with Crippen LogP contribution in [0.1, 0.15) is 59.7 Å². The van der Waals surface area contributed by atoms with E-state index >= 15 is 0 Å². The second-order valence-electron chi connectivity index (χ2n) is 8.42. The van der Waals surface area contributed by atoms with Crippen LogP contribution in [-0.4, -0.2) is 10.8 Å². The Balaban J connectivity index is 1.64. The highest BCUT2D eigenvalue weighted by Crippen LogP contribution is 2.46. The van der Waals surface area contributed by atoms with Gasteiger partial charge in [0, 0.05) is 22.6 Å². The van der Waals surface area contributed by atoms with Crippen LogP contribution < -0.4 is 10.6 Å². The average Bonchev–Trinajstić information content (AvgIpc) is 2.99. The molecule has 7 heteroatoms. The fraction of sp³-hybridized carbons (Fsp3) is 0.450. The number of nitrogens with one attached hydrogen (secondary N) is 2. The van der Waals surface area contributed by atoms with E-state index in [4.69, 9.17) is 0 Å². The van der Waals surface area contributed by atoms with Crippen LogP contribution in [0.5, 0.6) is 0 Å². The maximum absolute atomic E-state index is 12.8. The van der Waals surface area contributed by atoms with Crippen molar-refractivity contribution >= 4 is 27.9 Å². The van der Waals surface area contributed by atoms with Crippen LogP contribution in [0.15, 0.2) is 24.3 Å². The molecule has 142 valence electrons. The van der Waals surface area contributed by atoms with Crippen LogP contribution in [0.2, 0.25) is 0 Å². The van der Waals surface area contributed by atoms with Crippen molar-refractivity contribution in [1.29, 1.82) is 0 Å². The zero-order valence-electron chi connectivity index (χ0n) is 15.7. The number of nitro benzene ring substituents is 1. The number of carbonyl (C=O) groups is 1. The third-order valence-electron chi connectivity index (χ3n) is 5.68. The number of hydrogen-bond donors (Lipinski definition) is 2. The molecule has 27 heavy (non-hydrogen) atoms. The second-order valence-corrected chi connectivity index (χ2v) is 9.52. The van der Waals surface area contributed by atoms with Gasteiger partial charge in [-0.05, 0) is 36.2 Å². The molecule has 2 aliphatic rings. The summed E-state index contributed by atoms with van der Waals surface area (Å²) in [6.45, 7) is 6.83. The monoisotopic (exact) mass is 385 g/mol. The van der Waals surface area contributed by atoms with Gasteiger partial charge in [-0.2, -0.15) is 0 Å². The molecule has 2 N–H and O–H groups in total. The highest BCUT2D eigenvalue weighted by molar-refractivity contribution is 7.16. The SMILES string of the molecule is CC(C)(C)[C@@H]1CCc2c(sc3c2C(=O)N[C@@H](c2cccc([N+](=O)[O-])c2)N3)C1. The molecule has 4 rings (SSSR count). The van der Waals surface area contributed by atoms with Crippen LogP contribution in [-0.2, 0) is 12.8 Å². The lowest BCUT2D eigenvalue weighted by atomic mass is 9.72. The van der Waals surface area contributed by atoms with E-state index in [9.17, 15) is 14.9 Å². The predicted octanol–water partition coefficient (Wildman–Crippen LogP) is 4.66. The molecule has 1 amide bonds. The van der Waals surface area contributed by atoms with Crippen LogP contribution in [0, 0.1) is 21.4 Å². The van der Waals surface area contributed by atoms with Gasteiger partial charge in [-0.1, -0.05) is 32.9 Å². The number of rotatable bonds is 2. The largest absolute Gasteiger partial charge is 0.353 e. The van der Waals surface area contributed by atoms with E-state index in [1.165, 1.54) is 22.6 Å². The zero-order valence-corrected chi connectivity index (χ0v) is 16.5. The number of nitro groups is 1. The number of amides is 1. The van der Waals surface area contributed by atoms with E-state index < -0.39 is 11.1 Å². The van der Waals surface area contributed by atoms with Gasteiger partial charge < -0.3 is 10.6 Å². The van der Waals surface area contributed by atoms with Crippen LogP contribution >= 0.6 is 11.3 Å². The quantitative estimate of drug-likeness (QED) is 0.582. The summed E-state index contributed by atoms with van der Waals surface area (Å²) >= 11 is 1.66. The predicted molar refractivity (Wildman–Crippen MR) is 106 cm³/mol. The Morgan fingerprint density at radius 3 is 2.74 bits per heavy atom. The van der Waals surface area contributed by atoms with Crippen molar-refractivity contribution in [2.75, 3.05) is 5.32 Å². The average molecular weight is 385 g/mol. The molecule has 1 aliphatic heterocycles. The molecular formula is C20H23N3O3S. The topological polar surface area (TPSA) is 84.3 Å². The minimum atomic E-state index is -0.455. The third kappa shape index (κ3) is 3.20. The summed E-state index contributed by atoms with van der Waals surface area (Å²) < 4.78 is 0. The van der Waals surface area contributed by atoms with E-state index in [-0.39, 0.29) is 17.0 Å². The maximum atomic E-state index is 12.8. The number of anilines is 1. The lowest BCUT2D eigenvalue weighted by Crippen LogP contribution is -2.38. The summed E-state index contributed by atoms with van der Waals surface area (Å²) in [5.74, 6) is 0.521. The molecule has 0 fully saturated rings. The molecule has 1 aromatic heterocycles. The van der Waals surface area contributed by atoms with E-state index in [1.54, 1.807) is 23.5 Å². The first-order valence-corrected chi connectivity index (χ1v) is 10.0. The minimum Gasteiger partial charge on any atom is -0.353 e. The molecule has 0 spiro atoms. The number of carbonyl (C=O) groups excluding carboxylic acids is 1. The van der Waals surface area contributed by atoms with Crippen molar-refractivity contribution in [1.82, 2.24) is 5.32 Å². The zero-order chi connectivity index (χ0) is 19.3. The maximum Gasteiger partial charge on any atom is 0.269 e. The van der Waals surface area contributed by atoms with E-state index in [1.807, 2.05) is 0 Å². The Morgan fingerprint density at radius 1 is 1.26 bits per heavy atom. The summed E-state index contributed by atoms with van der Waals surface area (Å²) in [4.78, 5) is 24.7. The van der Waals surface area contributed by atoms with Crippen molar-refractivity contribution in [3.05, 3.63) is 55.9 Å². The van der Waals surface area contributed by atoms with E-state index in [0.29, 0.717) is 11.5 Å². The van der Waals surface area contributed by atoms with Crippen molar-refractivity contribution < 1.29 is 9.72 Å². The Morgan fingerprint density at radius 2 is 2.04 bits per heavy atom. The Labute approximate surface area is 162 Å². The Kier molecular flexibility index (Phi) is 4.22. The second kappa shape index (κ2) is 6.34. The fourth-order valence-electron chi connectivity index (χ4n) is 4.02. The minimum absolute atomic E-state index is 0.0211. The lowest BCUT2D eigenvalue weighted by Gasteiger charge is -2.34.